The van der Waals surface area contributed by atoms with E-state index in [-0.39, 0.29) is 23.4 Å². The Kier molecular flexibility index (Phi) is 4.47. The van der Waals surface area contributed by atoms with Crippen LogP contribution in [0.1, 0.15) is 23.7 Å². The van der Waals surface area contributed by atoms with Gasteiger partial charge in [0, 0.05) is 18.7 Å². The first-order valence-corrected chi connectivity index (χ1v) is 5.44. The van der Waals surface area contributed by atoms with Crippen molar-refractivity contribution in [1.29, 1.82) is 5.26 Å². The third-order valence-electron chi connectivity index (χ3n) is 2.53. The van der Waals surface area contributed by atoms with Crippen LogP contribution in [0.2, 0.25) is 5.02 Å². The molecule has 1 rings (SSSR count). The molecule has 17 heavy (non-hydrogen) atoms. The normalized spacial score (nSPS) is 11.7. The van der Waals surface area contributed by atoms with Crippen molar-refractivity contribution in [3.05, 3.63) is 34.6 Å². The van der Waals surface area contributed by atoms with E-state index in [1.165, 1.54) is 17.0 Å². The Bertz CT molecular complexity index is 470. The van der Waals surface area contributed by atoms with E-state index in [0.717, 1.165) is 6.07 Å². The fourth-order valence-corrected chi connectivity index (χ4v) is 1.48. The largest absolute Gasteiger partial charge is 0.338 e. The molecule has 1 unspecified atom stereocenters. The molecule has 3 nitrogen and oxygen atoms in total. The molecule has 5 heteroatoms. The number of nitriles is 1. The van der Waals surface area contributed by atoms with Crippen molar-refractivity contribution in [2.75, 3.05) is 7.05 Å². The number of hydrogen-bond donors (Lipinski definition) is 0. The van der Waals surface area contributed by atoms with E-state index in [4.69, 9.17) is 16.9 Å². The first kappa shape index (κ1) is 13.5. The van der Waals surface area contributed by atoms with E-state index in [2.05, 4.69) is 0 Å². The van der Waals surface area contributed by atoms with Crippen molar-refractivity contribution in [3.63, 3.8) is 0 Å². The number of hydrogen-bond acceptors (Lipinski definition) is 2. The number of rotatable bonds is 3. The lowest BCUT2D eigenvalue weighted by atomic mass is 10.1. The van der Waals surface area contributed by atoms with E-state index < -0.39 is 5.82 Å². The van der Waals surface area contributed by atoms with Gasteiger partial charge >= 0.3 is 0 Å². The van der Waals surface area contributed by atoms with E-state index in [1.54, 1.807) is 14.0 Å². The topological polar surface area (TPSA) is 44.1 Å². The smallest absolute Gasteiger partial charge is 0.253 e. The van der Waals surface area contributed by atoms with Crippen molar-refractivity contribution >= 4 is 17.5 Å². The third-order valence-corrected chi connectivity index (χ3v) is 2.82. The van der Waals surface area contributed by atoms with Crippen LogP contribution in [0, 0.1) is 17.1 Å². The third kappa shape index (κ3) is 3.18. The molecular formula is C12H12ClFN2O. The first-order chi connectivity index (χ1) is 7.97. The molecule has 0 radical (unpaired) electrons. The first-order valence-electron chi connectivity index (χ1n) is 5.06. The van der Waals surface area contributed by atoms with Crippen LogP contribution in [0.15, 0.2) is 18.2 Å². The Labute approximate surface area is 104 Å². The summed E-state index contributed by atoms with van der Waals surface area (Å²) >= 11 is 5.61. The summed E-state index contributed by atoms with van der Waals surface area (Å²) in [6, 6.07) is 5.61. The molecule has 0 bridgehead atoms. The standard InChI is InChI=1S/C12H12ClFN2O/c1-8(5-6-15)16(2)12(17)9-3-4-11(14)10(13)7-9/h3-4,7-8H,5H2,1-2H3. The maximum Gasteiger partial charge on any atom is 0.253 e. The van der Waals surface area contributed by atoms with Gasteiger partial charge in [-0.15, -0.1) is 0 Å². The molecule has 1 aromatic rings. The molecule has 0 saturated heterocycles. The van der Waals surface area contributed by atoms with E-state index >= 15 is 0 Å². The van der Waals surface area contributed by atoms with Crippen molar-refractivity contribution in [2.45, 2.75) is 19.4 Å². The van der Waals surface area contributed by atoms with Gasteiger partial charge in [-0.2, -0.15) is 5.26 Å². The molecule has 0 N–H and O–H groups in total. The average molecular weight is 255 g/mol. The van der Waals surface area contributed by atoms with Crippen LogP contribution < -0.4 is 0 Å². The molecular weight excluding hydrogens is 243 g/mol. The zero-order chi connectivity index (χ0) is 13.0. The monoisotopic (exact) mass is 254 g/mol. The van der Waals surface area contributed by atoms with Gasteiger partial charge in [0.2, 0.25) is 0 Å². The summed E-state index contributed by atoms with van der Waals surface area (Å²) in [7, 11) is 1.60. The SMILES string of the molecule is CC(CC#N)N(C)C(=O)c1ccc(F)c(Cl)c1. The lowest BCUT2D eigenvalue weighted by Gasteiger charge is -2.23. The van der Waals surface area contributed by atoms with Crippen molar-refractivity contribution in [1.82, 2.24) is 4.90 Å². The van der Waals surface area contributed by atoms with Gasteiger partial charge in [-0.05, 0) is 25.1 Å². The Morgan fingerprint density at radius 1 is 1.65 bits per heavy atom. The van der Waals surface area contributed by atoms with Crippen LogP contribution in [0.3, 0.4) is 0 Å². The number of halogens is 2. The lowest BCUT2D eigenvalue weighted by Crippen LogP contribution is -2.34. The van der Waals surface area contributed by atoms with Crippen LogP contribution in [0.4, 0.5) is 4.39 Å². The van der Waals surface area contributed by atoms with Gasteiger partial charge in [0.25, 0.3) is 5.91 Å². The lowest BCUT2D eigenvalue weighted by molar-refractivity contribution is 0.0746. The van der Waals surface area contributed by atoms with Gasteiger partial charge in [-0.3, -0.25) is 4.79 Å². The Balaban J connectivity index is 2.89. The average Bonchev–Trinajstić information content (AvgIpc) is 2.31. The van der Waals surface area contributed by atoms with Gasteiger partial charge in [0.1, 0.15) is 5.82 Å². The summed E-state index contributed by atoms with van der Waals surface area (Å²) in [4.78, 5) is 13.4. The van der Waals surface area contributed by atoms with Crippen LogP contribution in [0.5, 0.6) is 0 Å². The molecule has 0 aliphatic rings. The summed E-state index contributed by atoms with van der Waals surface area (Å²) in [5, 5.41) is 8.47. The van der Waals surface area contributed by atoms with Gasteiger partial charge < -0.3 is 4.90 Å². The molecule has 0 aliphatic carbocycles. The second kappa shape index (κ2) is 5.65. The Morgan fingerprint density at radius 3 is 2.82 bits per heavy atom. The zero-order valence-corrected chi connectivity index (χ0v) is 10.3. The molecule has 1 amide bonds. The number of amides is 1. The summed E-state index contributed by atoms with van der Waals surface area (Å²) in [5.41, 5.74) is 0.309. The quantitative estimate of drug-likeness (QED) is 0.833. The fourth-order valence-electron chi connectivity index (χ4n) is 1.30. The number of carbonyl (C=O) groups excluding carboxylic acids is 1. The predicted molar refractivity (Wildman–Crippen MR) is 63.2 cm³/mol. The number of benzene rings is 1. The second-order valence-electron chi connectivity index (χ2n) is 3.76. The van der Waals surface area contributed by atoms with Gasteiger partial charge in [-0.25, -0.2) is 4.39 Å². The highest BCUT2D eigenvalue weighted by Gasteiger charge is 2.18. The maximum atomic E-state index is 12.9. The fraction of sp³-hybridized carbons (Fsp3) is 0.333. The Morgan fingerprint density at radius 2 is 2.29 bits per heavy atom. The van der Waals surface area contributed by atoms with Gasteiger partial charge in [0.15, 0.2) is 0 Å². The summed E-state index contributed by atoms with van der Waals surface area (Å²) in [5.74, 6) is -0.842. The minimum atomic E-state index is -0.559. The van der Waals surface area contributed by atoms with Gasteiger partial charge in [-0.1, -0.05) is 11.6 Å². The highest BCUT2D eigenvalue weighted by molar-refractivity contribution is 6.31. The molecule has 0 fully saturated rings. The van der Waals surface area contributed by atoms with Crippen LogP contribution >= 0.6 is 11.6 Å². The minimum absolute atomic E-state index is 0.0859. The van der Waals surface area contributed by atoms with Crippen LogP contribution in [-0.4, -0.2) is 23.9 Å². The molecule has 1 atom stereocenters. The maximum absolute atomic E-state index is 12.9. The molecule has 0 aromatic heterocycles. The highest BCUT2D eigenvalue weighted by Crippen LogP contribution is 2.17. The molecule has 0 spiro atoms. The van der Waals surface area contributed by atoms with E-state index in [0.29, 0.717) is 5.56 Å². The zero-order valence-electron chi connectivity index (χ0n) is 9.58. The van der Waals surface area contributed by atoms with Crippen molar-refractivity contribution < 1.29 is 9.18 Å². The summed E-state index contributed by atoms with van der Waals surface area (Å²) in [6.45, 7) is 1.77. The second-order valence-corrected chi connectivity index (χ2v) is 4.16. The summed E-state index contributed by atoms with van der Waals surface area (Å²) < 4.78 is 12.9. The van der Waals surface area contributed by atoms with Gasteiger partial charge in [0.05, 0.1) is 17.5 Å². The Hall–Kier alpha value is -1.60. The van der Waals surface area contributed by atoms with Crippen molar-refractivity contribution in [2.24, 2.45) is 0 Å². The molecule has 90 valence electrons. The number of nitrogens with zero attached hydrogens (tertiary/aromatic N) is 2. The van der Waals surface area contributed by atoms with E-state index in [9.17, 15) is 9.18 Å². The highest BCUT2D eigenvalue weighted by atomic mass is 35.5. The molecule has 0 aliphatic heterocycles. The molecule has 0 saturated carbocycles. The molecule has 1 aromatic carbocycles. The minimum Gasteiger partial charge on any atom is -0.338 e. The van der Waals surface area contributed by atoms with E-state index in [1.807, 2.05) is 6.07 Å². The van der Waals surface area contributed by atoms with Crippen LogP contribution in [-0.2, 0) is 0 Å². The number of carbonyl (C=O) groups is 1. The van der Waals surface area contributed by atoms with Crippen LogP contribution in [0.25, 0.3) is 0 Å². The predicted octanol–water partition coefficient (Wildman–Crippen LogP) is 2.85. The summed E-state index contributed by atoms with van der Waals surface area (Å²) in [6.07, 6.45) is 0.247. The molecule has 0 heterocycles. The van der Waals surface area contributed by atoms with Crippen molar-refractivity contribution in [3.8, 4) is 6.07 Å².